The zero-order chi connectivity index (χ0) is 97.9. The maximum atomic E-state index is 14.2. The molecule has 4 saturated carbocycles. The van der Waals surface area contributed by atoms with E-state index in [1.165, 1.54) is 83.1 Å². The minimum atomic E-state index is -6.27. The van der Waals surface area contributed by atoms with Crippen LogP contribution in [0, 0.1) is 39.9 Å². The van der Waals surface area contributed by atoms with Crippen LogP contribution in [0.2, 0.25) is 0 Å². The van der Waals surface area contributed by atoms with E-state index in [-0.39, 0.29) is 76.6 Å². The molecular formula is C79H117F25O20. The summed E-state index contributed by atoms with van der Waals surface area (Å²) in [4.78, 5) is 96.8. The maximum absolute atomic E-state index is 14.2. The van der Waals surface area contributed by atoms with Crippen LogP contribution in [0.5, 0.6) is 0 Å². The summed E-state index contributed by atoms with van der Waals surface area (Å²) in [7, 11) is 0. The number of hydrogen-bond donors (Lipinski definition) is 0. The molecule has 4 rings (SSSR count). The lowest BCUT2D eigenvalue weighted by Gasteiger charge is -2.46. The van der Waals surface area contributed by atoms with Crippen LogP contribution < -0.4 is 0 Å². The SMILES string of the molecule is CCC(C)(C(=O)OC1CCCCC1C(OC(=O)OC(C)(C)C)(C(F)(F)F)C(F)(F)F)C(F)(F)F.CCC(C)(C)C(=O)OC1CCC(C(C)(OC(=O)OC(C)(C)C)C(F)(F)F)CC1.CCC(C)(C)C(=O)OC1CCCCC1C(OC(=O)OC(C)(C)C)(C(F)(F)F)C(F)(F)F.CCC(C)(F)C(=O)OC1CCCCC1C(OC(=O)OC(C)(C)C)(C(F)(F)F)C(F)(F)F. The summed E-state index contributed by atoms with van der Waals surface area (Å²) in [6.45, 7) is 30.1. The number of carbonyl (C=O) groups is 8. The predicted octanol–water partition coefficient (Wildman–Crippen LogP) is 25.1. The molecule has 0 aliphatic heterocycles. The quantitative estimate of drug-likeness (QED) is 0.0624. The van der Waals surface area contributed by atoms with E-state index in [4.69, 9.17) is 23.7 Å². The second-order valence-electron chi connectivity index (χ2n) is 36.7. The van der Waals surface area contributed by atoms with Crippen LogP contribution in [0.15, 0.2) is 0 Å². The average molecular weight is 1860 g/mol. The van der Waals surface area contributed by atoms with Crippen LogP contribution in [-0.2, 0) is 76.0 Å². The van der Waals surface area contributed by atoms with E-state index in [9.17, 15) is 148 Å². The topological polar surface area (TPSA) is 247 Å². The van der Waals surface area contributed by atoms with Gasteiger partial charge in [0.15, 0.2) is 5.41 Å². The molecule has 0 saturated heterocycles. The highest BCUT2D eigenvalue weighted by Crippen LogP contribution is 2.60. The maximum Gasteiger partial charge on any atom is 0.510 e. The normalized spacial score (nSPS) is 22.6. The average Bonchev–Trinajstić information content (AvgIpc) is 0.732. The third-order valence-corrected chi connectivity index (χ3v) is 21.6. The number of esters is 4. The molecule has 0 amide bonds. The largest absolute Gasteiger partial charge is 0.510 e. The lowest BCUT2D eigenvalue weighted by atomic mass is 9.73. The van der Waals surface area contributed by atoms with Gasteiger partial charge in [0.2, 0.25) is 11.3 Å². The van der Waals surface area contributed by atoms with Crippen molar-refractivity contribution in [3.05, 3.63) is 0 Å². The Bertz CT molecular complexity index is 3330. The zero-order valence-electron chi connectivity index (χ0n) is 73.4. The Morgan fingerprint density at radius 1 is 0.250 bits per heavy atom. The van der Waals surface area contributed by atoms with Gasteiger partial charge in [0.05, 0.1) is 28.6 Å². The number of alkyl halides is 25. The lowest BCUT2D eigenvalue weighted by Crippen LogP contribution is -2.67. The second kappa shape index (κ2) is 41.3. The van der Waals surface area contributed by atoms with Crippen molar-refractivity contribution < 1.29 is 205 Å². The molecule has 0 heterocycles. The molecule has 4 fully saturated rings. The summed E-state index contributed by atoms with van der Waals surface area (Å²) in [5, 5.41) is 0. The predicted molar refractivity (Wildman–Crippen MR) is 388 cm³/mol. The fourth-order valence-electron chi connectivity index (χ4n) is 13.2. The van der Waals surface area contributed by atoms with Gasteiger partial charge in [-0.3, -0.25) is 14.4 Å². The van der Waals surface area contributed by atoms with Crippen LogP contribution in [0.25, 0.3) is 0 Å². The Balaban J connectivity index is 0.000000828. The molecule has 4 aliphatic carbocycles. The van der Waals surface area contributed by atoms with Gasteiger partial charge in [0.25, 0.3) is 0 Å². The first kappa shape index (κ1) is 115. The molecule has 9 unspecified atom stereocenters. The summed E-state index contributed by atoms with van der Waals surface area (Å²) in [6, 6.07) is 0. The fraction of sp³-hybridized carbons (Fsp3) is 0.899. The standard InChI is InChI=1S/C20H27F9O5.C20H30F6O5.C20H33F3O5.C19H27F7O5/c1-6-16(5,18(21,22)23)13(30)32-12-10-8-7-9-11(12)17(19(24,25)26,20(27,28)29)34-14(31)33-15(2,3)4;1-7-17(5,6)14(27)29-13-11-9-8-10-12(13)18(19(21,22)23,20(24,25)26)31-15(28)30-16(2,3)4;1-8-18(5,6)15(24)26-14-11-9-13(10-12-14)19(7,20(21,22)23)28-16(25)27-17(2,3)4;1-6-16(5,20)13(27)29-12-10-8-7-9-11(12)17(18(21,22)23,19(24,25)26)31-14(28)30-15(2,3)4/h11-12H,6-10H2,1-5H3;12-13H,7-11H2,1-6H3;13-14H,8-12H2,1-7H3;11-12H,6-10H2,1-5H3. The zero-order valence-corrected chi connectivity index (χ0v) is 73.4. The van der Waals surface area contributed by atoms with Crippen LogP contribution in [0.1, 0.15) is 288 Å². The molecule has 45 heteroatoms. The summed E-state index contributed by atoms with van der Waals surface area (Å²) in [5.41, 5.74) is -30.5. The van der Waals surface area contributed by atoms with Crippen LogP contribution in [-0.4, -0.2) is 173 Å². The van der Waals surface area contributed by atoms with Gasteiger partial charge in [-0.25, -0.2) is 28.4 Å². The Kier molecular flexibility index (Phi) is 38.4. The van der Waals surface area contributed by atoms with Gasteiger partial charge in [0, 0.05) is 5.92 Å². The van der Waals surface area contributed by atoms with E-state index in [0.29, 0.717) is 26.2 Å². The first-order chi connectivity index (χ1) is 55.1. The van der Waals surface area contributed by atoms with Gasteiger partial charge in [-0.15, -0.1) is 0 Å². The molecule has 9 atom stereocenters. The molecule has 4 aliphatic rings. The van der Waals surface area contributed by atoms with Gasteiger partial charge in [-0.2, -0.15) is 105 Å². The van der Waals surface area contributed by atoms with E-state index < -0.39 is 245 Å². The van der Waals surface area contributed by atoms with E-state index >= 15 is 0 Å². The van der Waals surface area contributed by atoms with Crippen LogP contribution in [0.4, 0.5) is 129 Å². The van der Waals surface area contributed by atoms with Gasteiger partial charge in [-0.05, 0) is 241 Å². The molecule has 728 valence electrons. The smallest absolute Gasteiger partial charge is 0.462 e. The molecule has 124 heavy (non-hydrogen) atoms. The molecule has 0 spiro atoms. The van der Waals surface area contributed by atoms with E-state index in [0.717, 1.165) is 20.8 Å². The van der Waals surface area contributed by atoms with Gasteiger partial charge in [0.1, 0.15) is 46.8 Å². The summed E-state index contributed by atoms with van der Waals surface area (Å²) in [5.74, 6) is -13.5. The van der Waals surface area contributed by atoms with Crippen molar-refractivity contribution in [2.75, 3.05) is 0 Å². The Morgan fingerprint density at radius 3 is 0.718 bits per heavy atom. The Hall–Kier alpha value is -6.79. The second-order valence-corrected chi connectivity index (χ2v) is 36.7. The molecule has 0 radical (unpaired) electrons. The van der Waals surface area contributed by atoms with E-state index in [1.807, 2.05) is 6.92 Å². The van der Waals surface area contributed by atoms with Crippen LogP contribution >= 0.6 is 0 Å². The molecular weight excluding hydrogens is 1740 g/mol. The highest BCUT2D eigenvalue weighted by atomic mass is 19.4. The van der Waals surface area contributed by atoms with E-state index in [1.54, 1.807) is 41.5 Å². The van der Waals surface area contributed by atoms with Gasteiger partial charge >= 0.3 is 115 Å². The summed E-state index contributed by atoms with van der Waals surface area (Å²) < 4.78 is 404. The molecule has 0 aromatic carbocycles. The number of halogens is 25. The number of ether oxygens (including phenoxy) is 12. The van der Waals surface area contributed by atoms with Gasteiger partial charge < -0.3 is 56.8 Å². The molecule has 20 nitrogen and oxygen atoms in total. The Morgan fingerprint density at radius 2 is 0.492 bits per heavy atom. The number of hydrogen-bond acceptors (Lipinski definition) is 20. The van der Waals surface area contributed by atoms with Crippen molar-refractivity contribution in [2.24, 2.45) is 39.9 Å². The van der Waals surface area contributed by atoms with Crippen molar-refractivity contribution in [3.63, 3.8) is 0 Å². The van der Waals surface area contributed by atoms with Gasteiger partial charge in [-0.1, -0.05) is 47.0 Å². The molecule has 0 N–H and O–H groups in total. The van der Waals surface area contributed by atoms with Crippen molar-refractivity contribution in [1.82, 2.24) is 0 Å². The van der Waals surface area contributed by atoms with Crippen LogP contribution in [0.3, 0.4) is 0 Å². The number of rotatable bonds is 20. The fourth-order valence-corrected chi connectivity index (χ4v) is 13.2. The molecule has 0 aromatic rings. The highest BCUT2D eigenvalue weighted by Gasteiger charge is 2.82. The minimum absolute atomic E-state index is 0.0154. The molecule has 0 aromatic heterocycles. The van der Waals surface area contributed by atoms with Crippen molar-refractivity contribution in [2.45, 2.75) is 412 Å². The third kappa shape index (κ3) is 29.9. The highest BCUT2D eigenvalue weighted by molar-refractivity contribution is 5.79. The minimum Gasteiger partial charge on any atom is -0.462 e. The third-order valence-electron chi connectivity index (χ3n) is 21.6. The van der Waals surface area contributed by atoms with E-state index in [2.05, 4.69) is 33.2 Å². The summed E-state index contributed by atoms with van der Waals surface area (Å²) in [6.07, 6.45) is -64.0. The Labute approximate surface area is 703 Å². The van der Waals surface area contributed by atoms with Crippen molar-refractivity contribution in [3.8, 4) is 0 Å². The summed E-state index contributed by atoms with van der Waals surface area (Å²) >= 11 is 0. The monoisotopic (exact) mass is 1860 g/mol. The first-order valence-electron chi connectivity index (χ1n) is 39.9. The first-order valence-corrected chi connectivity index (χ1v) is 39.9. The van der Waals surface area contributed by atoms with Crippen molar-refractivity contribution in [1.29, 1.82) is 0 Å². The lowest BCUT2D eigenvalue weighted by molar-refractivity contribution is -0.394. The molecule has 0 bridgehead atoms. The van der Waals surface area contributed by atoms with Crippen molar-refractivity contribution >= 4 is 48.5 Å². The number of carbonyl (C=O) groups excluding carboxylic acids is 8.